The van der Waals surface area contributed by atoms with E-state index in [1.165, 1.54) is 12.8 Å². The lowest BCUT2D eigenvalue weighted by molar-refractivity contribution is -0.122. The molecule has 0 bridgehead atoms. The van der Waals surface area contributed by atoms with E-state index in [4.69, 9.17) is 17.3 Å². The summed E-state index contributed by atoms with van der Waals surface area (Å²) in [6, 6.07) is 7.51. The summed E-state index contributed by atoms with van der Waals surface area (Å²) >= 11 is 5.83. The number of hydrogen-bond acceptors (Lipinski definition) is 2. The van der Waals surface area contributed by atoms with Gasteiger partial charge in [0.15, 0.2) is 0 Å². The highest BCUT2D eigenvalue weighted by atomic mass is 35.5. The molecule has 0 spiro atoms. The molecule has 3 nitrogen and oxygen atoms in total. The molecule has 3 N–H and O–H groups in total. The Morgan fingerprint density at radius 2 is 2.06 bits per heavy atom. The fraction of sp³-hybridized carbons (Fsp3) is 0.500. The maximum Gasteiger partial charge on any atom is 0.222 e. The number of hydrogen-bond donors (Lipinski definition) is 2. The summed E-state index contributed by atoms with van der Waals surface area (Å²) in [7, 11) is 0. The van der Waals surface area contributed by atoms with Crippen LogP contribution in [-0.2, 0) is 4.79 Å². The first-order chi connectivity index (χ1) is 8.56. The Hall–Kier alpha value is -1.06. The third kappa shape index (κ3) is 3.72. The van der Waals surface area contributed by atoms with Gasteiger partial charge in [-0.15, -0.1) is 0 Å². The predicted octanol–water partition coefficient (Wildman–Crippen LogP) is 2.64. The molecule has 0 radical (unpaired) electrons. The molecular weight excluding hydrogens is 248 g/mol. The third-order valence-corrected chi connectivity index (χ3v) is 3.65. The summed E-state index contributed by atoms with van der Waals surface area (Å²) < 4.78 is 0. The molecule has 0 aromatic heterocycles. The van der Waals surface area contributed by atoms with E-state index < -0.39 is 0 Å². The van der Waals surface area contributed by atoms with Crippen molar-refractivity contribution in [3.05, 3.63) is 34.9 Å². The van der Waals surface area contributed by atoms with Gasteiger partial charge < -0.3 is 11.1 Å². The Kier molecular flexibility index (Phi) is 4.25. The van der Waals surface area contributed by atoms with E-state index in [-0.39, 0.29) is 18.0 Å². The minimum absolute atomic E-state index is 0.0128. The predicted molar refractivity (Wildman–Crippen MR) is 73.3 cm³/mol. The second-order valence-electron chi connectivity index (χ2n) is 5.05. The van der Waals surface area contributed by atoms with Gasteiger partial charge in [0.25, 0.3) is 0 Å². The second-order valence-corrected chi connectivity index (χ2v) is 5.48. The molecule has 4 heteroatoms. The Bertz CT molecular complexity index is 414. The van der Waals surface area contributed by atoms with Gasteiger partial charge in [0.1, 0.15) is 0 Å². The quantitative estimate of drug-likeness (QED) is 0.861. The smallest absolute Gasteiger partial charge is 0.222 e. The SMILES string of the molecule is CC(NC(=O)CC(N)C1CC1)c1ccc(Cl)cc1. The lowest BCUT2D eigenvalue weighted by Crippen LogP contribution is -2.34. The molecular formula is C14H19ClN2O. The number of carbonyl (C=O) groups excluding carboxylic acids is 1. The molecule has 18 heavy (non-hydrogen) atoms. The fourth-order valence-corrected chi connectivity index (χ4v) is 2.17. The topological polar surface area (TPSA) is 55.1 Å². The van der Waals surface area contributed by atoms with Gasteiger partial charge in [-0.2, -0.15) is 0 Å². The summed E-state index contributed by atoms with van der Waals surface area (Å²) in [6.07, 6.45) is 2.75. The normalized spacial score (nSPS) is 18.2. The minimum atomic E-state index is -0.0128. The molecule has 98 valence electrons. The van der Waals surface area contributed by atoms with Crippen molar-refractivity contribution >= 4 is 17.5 Å². The van der Waals surface area contributed by atoms with Gasteiger partial charge in [-0.05, 0) is 43.4 Å². The molecule has 0 aliphatic heterocycles. The molecule has 2 unspecified atom stereocenters. The van der Waals surface area contributed by atoms with Gasteiger partial charge in [-0.1, -0.05) is 23.7 Å². The van der Waals surface area contributed by atoms with Crippen LogP contribution in [0.25, 0.3) is 0 Å². The van der Waals surface area contributed by atoms with E-state index in [0.29, 0.717) is 17.4 Å². The average Bonchev–Trinajstić information content (AvgIpc) is 3.13. The van der Waals surface area contributed by atoms with Crippen molar-refractivity contribution < 1.29 is 4.79 Å². The summed E-state index contributed by atoms with van der Waals surface area (Å²) in [5.41, 5.74) is 6.98. The molecule has 1 saturated carbocycles. The molecule has 1 aromatic rings. The Morgan fingerprint density at radius 3 is 2.61 bits per heavy atom. The lowest BCUT2D eigenvalue weighted by Gasteiger charge is -2.16. The number of nitrogens with one attached hydrogen (secondary N) is 1. The highest BCUT2D eigenvalue weighted by Crippen LogP contribution is 2.32. The van der Waals surface area contributed by atoms with Gasteiger partial charge in [-0.3, -0.25) is 4.79 Å². The second kappa shape index (κ2) is 5.72. The van der Waals surface area contributed by atoms with Gasteiger partial charge >= 0.3 is 0 Å². The van der Waals surface area contributed by atoms with Crippen LogP contribution in [-0.4, -0.2) is 11.9 Å². The van der Waals surface area contributed by atoms with Gasteiger partial charge in [0, 0.05) is 17.5 Å². The van der Waals surface area contributed by atoms with Crippen LogP contribution in [0.15, 0.2) is 24.3 Å². The standard InChI is InChI=1S/C14H19ClN2O/c1-9(10-4-6-12(15)7-5-10)17-14(18)8-13(16)11-2-3-11/h4-7,9,11,13H,2-3,8,16H2,1H3,(H,17,18). The van der Waals surface area contributed by atoms with Crippen molar-refractivity contribution in [3.63, 3.8) is 0 Å². The molecule has 1 aliphatic carbocycles. The van der Waals surface area contributed by atoms with Crippen LogP contribution in [0.1, 0.15) is 37.8 Å². The van der Waals surface area contributed by atoms with Crippen LogP contribution in [0.3, 0.4) is 0 Å². The third-order valence-electron chi connectivity index (χ3n) is 3.40. The maximum absolute atomic E-state index is 11.8. The number of benzene rings is 1. The van der Waals surface area contributed by atoms with Crippen LogP contribution in [0.2, 0.25) is 5.02 Å². The number of halogens is 1. The van der Waals surface area contributed by atoms with Gasteiger partial charge in [0.05, 0.1) is 6.04 Å². The monoisotopic (exact) mass is 266 g/mol. The number of carbonyl (C=O) groups is 1. The molecule has 0 saturated heterocycles. The van der Waals surface area contributed by atoms with E-state index in [1.807, 2.05) is 31.2 Å². The van der Waals surface area contributed by atoms with Crippen molar-refractivity contribution in [2.24, 2.45) is 11.7 Å². The van der Waals surface area contributed by atoms with Crippen molar-refractivity contribution in [3.8, 4) is 0 Å². The highest BCUT2D eigenvalue weighted by Gasteiger charge is 2.29. The molecule has 1 fully saturated rings. The molecule has 0 heterocycles. The van der Waals surface area contributed by atoms with Crippen molar-refractivity contribution in [2.75, 3.05) is 0 Å². The molecule has 1 aromatic carbocycles. The highest BCUT2D eigenvalue weighted by molar-refractivity contribution is 6.30. The summed E-state index contributed by atoms with van der Waals surface area (Å²) in [4.78, 5) is 11.8. The van der Waals surface area contributed by atoms with E-state index in [9.17, 15) is 4.79 Å². The first kappa shape index (κ1) is 13.4. The van der Waals surface area contributed by atoms with Crippen LogP contribution in [0.4, 0.5) is 0 Å². The number of rotatable bonds is 5. The lowest BCUT2D eigenvalue weighted by atomic mass is 10.1. The Labute approximate surface area is 113 Å². The van der Waals surface area contributed by atoms with Crippen LogP contribution in [0, 0.1) is 5.92 Å². The number of nitrogens with two attached hydrogens (primary N) is 1. The van der Waals surface area contributed by atoms with Gasteiger partial charge in [0.2, 0.25) is 5.91 Å². The van der Waals surface area contributed by atoms with Gasteiger partial charge in [-0.25, -0.2) is 0 Å². The van der Waals surface area contributed by atoms with E-state index >= 15 is 0 Å². The first-order valence-corrected chi connectivity index (χ1v) is 6.74. The summed E-state index contributed by atoms with van der Waals surface area (Å²) in [6.45, 7) is 1.96. The largest absolute Gasteiger partial charge is 0.350 e. The maximum atomic E-state index is 11.8. The Morgan fingerprint density at radius 1 is 1.44 bits per heavy atom. The average molecular weight is 267 g/mol. The first-order valence-electron chi connectivity index (χ1n) is 6.36. The van der Waals surface area contributed by atoms with Crippen molar-refractivity contribution in [1.82, 2.24) is 5.32 Å². The zero-order valence-electron chi connectivity index (χ0n) is 10.5. The number of amides is 1. The van der Waals surface area contributed by atoms with Crippen LogP contribution < -0.4 is 11.1 Å². The molecule has 2 atom stereocenters. The summed E-state index contributed by atoms with van der Waals surface area (Å²) in [5, 5.41) is 3.67. The molecule has 1 amide bonds. The molecule has 2 rings (SSSR count). The van der Waals surface area contributed by atoms with Crippen molar-refractivity contribution in [2.45, 2.75) is 38.3 Å². The zero-order chi connectivity index (χ0) is 13.1. The van der Waals surface area contributed by atoms with Crippen LogP contribution >= 0.6 is 11.6 Å². The zero-order valence-corrected chi connectivity index (χ0v) is 11.3. The minimum Gasteiger partial charge on any atom is -0.350 e. The Balaban J connectivity index is 1.84. The van der Waals surface area contributed by atoms with E-state index in [1.54, 1.807) is 0 Å². The van der Waals surface area contributed by atoms with Crippen molar-refractivity contribution in [1.29, 1.82) is 0 Å². The van der Waals surface area contributed by atoms with E-state index in [0.717, 1.165) is 5.56 Å². The fourth-order valence-electron chi connectivity index (χ4n) is 2.04. The van der Waals surface area contributed by atoms with E-state index in [2.05, 4.69) is 5.32 Å². The van der Waals surface area contributed by atoms with Crippen LogP contribution in [0.5, 0.6) is 0 Å². The molecule has 1 aliphatic rings. The summed E-state index contributed by atoms with van der Waals surface area (Å²) in [5.74, 6) is 0.582.